The van der Waals surface area contributed by atoms with E-state index >= 15 is 0 Å². The first-order valence-electron chi connectivity index (χ1n) is 8.55. The van der Waals surface area contributed by atoms with Crippen molar-refractivity contribution in [3.63, 3.8) is 0 Å². The van der Waals surface area contributed by atoms with Gasteiger partial charge in [0.05, 0.1) is 0 Å². The summed E-state index contributed by atoms with van der Waals surface area (Å²) >= 11 is 3.11. The van der Waals surface area contributed by atoms with Crippen molar-refractivity contribution in [1.82, 2.24) is 0 Å². The number of nitrogens with one attached hydrogen (secondary N) is 1. The Labute approximate surface area is 170 Å². The first-order chi connectivity index (χ1) is 13.5. The van der Waals surface area contributed by atoms with Crippen molar-refractivity contribution in [2.45, 2.75) is 19.6 Å². The van der Waals surface area contributed by atoms with Crippen LogP contribution in [-0.4, -0.2) is 18.0 Å². The molecule has 144 valence electrons. The van der Waals surface area contributed by atoms with E-state index in [1.165, 1.54) is 13.0 Å². The summed E-state index contributed by atoms with van der Waals surface area (Å²) in [4.78, 5) is 24.1. The summed E-state index contributed by atoms with van der Waals surface area (Å²) < 4.78 is 16.3. The zero-order valence-corrected chi connectivity index (χ0v) is 16.6. The van der Waals surface area contributed by atoms with Crippen LogP contribution < -0.4 is 10.1 Å². The molecule has 1 amide bonds. The maximum Gasteiger partial charge on any atom is 0.375 e. The van der Waals surface area contributed by atoms with Crippen LogP contribution >= 0.6 is 15.9 Å². The summed E-state index contributed by atoms with van der Waals surface area (Å²) in [5.41, 5.74) is 1.64. The van der Waals surface area contributed by atoms with Crippen LogP contribution in [0.3, 0.4) is 0 Å². The van der Waals surface area contributed by atoms with Gasteiger partial charge in [-0.2, -0.15) is 0 Å². The maximum absolute atomic E-state index is 12.2. The van der Waals surface area contributed by atoms with Crippen molar-refractivity contribution < 1.29 is 23.5 Å². The van der Waals surface area contributed by atoms with Crippen molar-refractivity contribution >= 4 is 33.5 Å². The Morgan fingerprint density at radius 3 is 2.39 bits per heavy atom. The number of amides is 1. The molecule has 0 saturated heterocycles. The molecular weight excluding hydrogens is 426 g/mol. The smallest absolute Gasteiger partial charge is 0.375 e. The number of carbonyl (C=O) groups excluding carboxylic acids is 2. The van der Waals surface area contributed by atoms with Crippen molar-refractivity contribution in [2.75, 3.05) is 5.32 Å². The Hall–Kier alpha value is -3.06. The fraction of sp³-hybridized carbons (Fsp3) is 0.143. The number of esters is 1. The van der Waals surface area contributed by atoms with Gasteiger partial charge >= 0.3 is 5.97 Å². The second-order valence-electron chi connectivity index (χ2n) is 5.94. The third-order valence-corrected chi connectivity index (χ3v) is 4.22. The average Bonchev–Trinajstić information content (AvgIpc) is 3.14. The van der Waals surface area contributed by atoms with Crippen LogP contribution in [0.25, 0.3) is 0 Å². The van der Waals surface area contributed by atoms with Crippen LogP contribution in [0.1, 0.15) is 23.0 Å². The number of hydrogen-bond acceptors (Lipinski definition) is 5. The minimum absolute atomic E-state index is 0.0199. The van der Waals surface area contributed by atoms with Crippen molar-refractivity contribution in [3.8, 4) is 5.75 Å². The van der Waals surface area contributed by atoms with Gasteiger partial charge in [-0.05, 0) is 64.8 Å². The lowest BCUT2D eigenvalue weighted by Gasteiger charge is -2.13. The Morgan fingerprint density at radius 1 is 1.04 bits per heavy atom. The molecule has 0 spiro atoms. The molecule has 7 heteroatoms. The molecule has 0 fully saturated rings. The van der Waals surface area contributed by atoms with Crippen LogP contribution in [0.15, 0.2) is 75.8 Å². The molecule has 28 heavy (non-hydrogen) atoms. The zero-order chi connectivity index (χ0) is 19.9. The zero-order valence-electron chi connectivity index (χ0n) is 15.1. The van der Waals surface area contributed by atoms with E-state index in [1.54, 1.807) is 30.3 Å². The lowest BCUT2D eigenvalue weighted by Crippen LogP contribution is -2.29. The maximum atomic E-state index is 12.2. The van der Waals surface area contributed by atoms with Gasteiger partial charge in [-0.15, -0.1) is 0 Å². The van der Waals surface area contributed by atoms with E-state index in [0.29, 0.717) is 22.7 Å². The highest BCUT2D eigenvalue weighted by Gasteiger charge is 2.21. The first kappa shape index (κ1) is 19.7. The highest BCUT2D eigenvalue weighted by atomic mass is 79.9. The summed E-state index contributed by atoms with van der Waals surface area (Å²) in [6.07, 6.45) is -0.981. The number of furan rings is 1. The number of benzene rings is 2. The van der Waals surface area contributed by atoms with E-state index in [4.69, 9.17) is 13.9 Å². The van der Waals surface area contributed by atoms with E-state index in [2.05, 4.69) is 21.2 Å². The van der Waals surface area contributed by atoms with E-state index in [9.17, 15) is 9.59 Å². The lowest BCUT2D eigenvalue weighted by molar-refractivity contribution is -0.123. The van der Waals surface area contributed by atoms with Crippen LogP contribution in [0.4, 0.5) is 5.69 Å². The van der Waals surface area contributed by atoms with Gasteiger partial charge in [0, 0.05) is 5.69 Å². The first-order valence-corrected chi connectivity index (χ1v) is 9.34. The number of carbonyl (C=O) groups is 2. The van der Waals surface area contributed by atoms with Crippen LogP contribution in [-0.2, 0) is 16.1 Å². The van der Waals surface area contributed by atoms with Crippen LogP contribution in [0.5, 0.6) is 5.75 Å². The molecule has 0 bridgehead atoms. The number of halogens is 1. The molecule has 3 aromatic rings. The van der Waals surface area contributed by atoms with Gasteiger partial charge in [0.1, 0.15) is 12.4 Å². The standard InChI is InChI=1S/C21H18BrNO5/c1-14(27-21(25)18-11-12-19(22)28-18)20(24)23-16-7-9-17(10-8-16)26-13-15-5-3-2-4-6-15/h2-12,14H,13H2,1H3,(H,23,24). The molecule has 0 aliphatic carbocycles. The largest absolute Gasteiger partial charge is 0.489 e. The number of rotatable bonds is 7. The monoisotopic (exact) mass is 443 g/mol. The Morgan fingerprint density at radius 2 is 1.75 bits per heavy atom. The number of hydrogen-bond donors (Lipinski definition) is 1. The SMILES string of the molecule is CC(OC(=O)c1ccc(Br)o1)C(=O)Nc1ccc(OCc2ccccc2)cc1. The van der Waals surface area contributed by atoms with Gasteiger partial charge in [0.25, 0.3) is 5.91 Å². The molecule has 3 rings (SSSR count). The summed E-state index contributed by atoms with van der Waals surface area (Å²) in [5, 5.41) is 2.69. The van der Waals surface area contributed by atoms with Crippen LogP contribution in [0, 0.1) is 0 Å². The fourth-order valence-corrected chi connectivity index (χ4v) is 2.62. The highest BCUT2D eigenvalue weighted by molar-refractivity contribution is 9.10. The van der Waals surface area contributed by atoms with Gasteiger partial charge in [0.15, 0.2) is 10.8 Å². The number of ether oxygens (including phenoxy) is 2. The van der Waals surface area contributed by atoms with Gasteiger partial charge in [-0.3, -0.25) is 4.79 Å². The highest BCUT2D eigenvalue weighted by Crippen LogP contribution is 2.18. The molecule has 0 saturated carbocycles. The molecule has 1 aromatic heterocycles. The Kier molecular flexibility index (Phi) is 6.49. The fourth-order valence-electron chi connectivity index (χ4n) is 2.32. The topological polar surface area (TPSA) is 77.8 Å². The molecule has 1 atom stereocenters. The van der Waals surface area contributed by atoms with E-state index in [1.807, 2.05) is 30.3 Å². The summed E-state index contributed by atoms with van der Waals surface area (Å²) in [5.74, 6) is -0.453. The Bertz CT molecular complexity index is 937. The molecular formula is C21H18BrNO5. The molecule has 1 unspecified atom stereocenters. The van der Waals surface area contributed by atoms with Gasteiger partial charge in [-0.1, -0.05) is 30.3 Å². The second kappa shape index (κ2) is 9.23. The van der Waals surface area contributed by atoms with E-state index in [-0.39, 0.29) is 5.76 Å². The van der Waals surface area contributed by atoms with Crippen molar-refractivity contribution in [2.24, 2.45) is 0 Å². The Balaban J connectivity index is 1.50. The second-order valence-corrected chi connectivity index (χ2v) is 6.72. The third-order valence-electron chi connectivity index (χ3n) is 3.80. The molecule has 1 N–H and O–H groups in total. The molecule has 0 aliphatic rings. The summed E-state index contributed by atoms with van der Waals surface area (Å²) in [7, 11) is 0. The van der Waals surface area contributed by atoms with Gasteiger partial charge < -0.3 is 19.2 Å². The van der Waals surface area contributed by atoms with Gasteiger partial charge in [0.2, 0.25) is 5.76 Å². The molecule has 6 nitrogen and oxygen atoms in total. The van der Waals surface area contributed by atoms with Crippen molar-refractivity contribution in [3.05, 3.63) is 82.7 Å². The minimum Gasteiger partial charge on any atom is -0.489 e. The molecule has 0 aliphatic heterocycles. The van der Waals surface area contributed by atoms with Crippen molar-refractivity contribution in [1.29, 1.82) is 0 Å². The molecule has 2 aromatic carbocycles. The number of anilines is 1. The summed E-state index contributed by atoms with van der Waals surface area (Å²) in [6, 6.07) is 19.8. The average molecular weight is 444 g/mol. The predicted molar refractivity (Wildman–Crippen MR) is 107 cm³/mol. The minimum atomic E-state index is -0.981. The molecule has 0 radical (unpaired) electrons. The summed E-state index contributed by atoms with van der Waals surface area (Å²) in [6.45, 7) is 1.95. The quantitative estimate of drug-likeness (QED) is 0.530. The normalized spacial score (nSPS) is 11.5. The van der Waals surface area contributed by atoms with E-state index < -0.39 is 18.0 Å². The third kappa shape index (κ3) is 5.47. The van der Waals surface area contributed by atoms with E-state index in [0.717, 1.165) is 5.56 Å². The van der Waals surface area contributed by atoms with Crippen LogP contribution in [0.2, 0.25) is 0 Å². The molecule has 1 heterocycles. The van der Waals surface area contributed by atoms with Gasteiger partial charge in [-0.25, -0.2) is 4.79 Å². The lowest BCUT2D eigenvalue weighted by atomic mass is 10.2. The predicted octanol–water partition coefficient (Wildman–Crippen LogP) is 4.81.